The van der Waals surface area contributed by atoms with E-state index in [1.165, 1.54) is 12.1 Å². The summed E-state index contributed by atoms with van der Waals surface area (Å²) < 4.78 is 13.5. The van der Waals surface area contributed by atoms with E-state index in [0.29, 0.717) is 6.42 Å². The molecule has 0 atom stereocenters. The Hall–Kier alpha value is -1.66. The van der Waals surface area contributed by atoms with Crippen LogP contribution in [0, 0.1) is 5.82 Å². The molecular formula is C12H17FN2O3. The van der Waals surface area contributed by atoms with Gasteiger partial charge < -0.3 is 21.3 Å². The lowest BCUT2D eigenvalue weighted by Crippen LogP contribution is -2.53. The summed E-state index contributed by atoms with van der Waals surface area (Å²) in [6.07, 6.45) is 0.315. The van der Waals surface area contributed by atoms with Crippen molar-refractivity contribution in [1.29, 1.82) is 0 Å². The highest BCUT2D eigenvalue weighted by molar-refractivity contribution is 5.95. The Morgan fingerprint density at radius 2 is 2.06 bits per heavy atom. The van der Waals surface area contributed by atoms with Crippen molar-refractivity contribution in [2.45, 2.75) is 18.9 Å². The summed E-state index contributed by atoms with van der Waals surface area (Å²) in [6.45, 7) is 0.827. The molecule has 0 bridgehead atoms. The van der Waals surface area contributed by atoms with Crippen LogP contribution in [-0.4, -0.2) is 34.9 Å². The lowest BCUT2D eigenvalue weighted by Gasteiger charge is -2.29. The highest BCUT2D eigenvalue weighted by Gasteiger charge is 2.29. The molecule has 0 saturated heterocycles. The zero-order valence-corrected chi connectivity index (χ0v) is 10.1. The number of carbonyl (C=O) groups is 1. The Labute approximate surface area is 104 Å². The summed E-state index contributed by atoms with van der Waals surface area (Å²) in [6, 6.07) is 3.65. The monoisotopic (exact) mass is 256 g/mol. The van der Waals surface area contributed by atoms with Crippen molar-refractivity contribution in [2.75, 3.05) is 18.9 Å². The minimum absolute atomic E-state index is 0.213. The second-order valence-electron chi connectivity index (χ2n) is 4.14. The summed E-state index contributed by atoms with van der Waals surface area (Å²) in [4.78, 5) is 11.9. The van der Waals surface area contributed by atoms with E-state index in [2.05, 4.69) is 5.32 Å². The van der Waals surface area contributed by atoms with Gasteiger partial charge in [-0.1, -0.05) is 6.92 Å². The molecule has 1 amide bonds. The first kappa shape index (κ1) is 14.4. The number of rotatable bonds is 5. The number of aliphatic hydroxyl groups is 2. The lowest BCUT2D eigenvalue weighted by atomic mass is 9.97. The Balaban J connectivity index is 2.97. The smallest absolute Gasteiger partial charge is 0.254 e. The van der Waals surface area contributed by atoms with Gasteiger partial charge in [0.05, 0.1) is 24.3 Å². The highest BCUT2D eigenvalue weighted by Crippen LogP contribution is 2.15. The maximum atomic E-state index is 13.5. The molecule has 0 aliphatic rings. The number of anilines is 1. The van der Waals surface area contributed by atoms with Crippen molar-refractivity contribution in [2.24, 2.45) is 0 Å². The van der Waals surface area contributed by atoms with Crippen LogP contribution < -0.4 is 11.1 Å². The van der Waals surface area contributed by atoms with Gasteiger partial charge in [0.2, 0.25) is 0 Å². The predicted molar refractivity (Wildman–Crippen MR) is 65.5 cm³/mol. The van der Waals surface area contributed by atoms with Crippen molar-refractivity contribution < 1.29 is 19.4 Å². The first-order chi connectivity index (χ1) is 8.48. The number of hydrogen-bond donors (Lipinski definition) is 4. The third-order valence-electron chi connectivity index (χ3n) is 2.90. The fourth-order valence-corrected chi connectivity index (χ4v) is 1.47. The molecule has 6 heteroatoms. The molecule has 1 rings (SSSR count). The van der Waals surface area contributed by atoms with Crippen molar-refractivity contribution in [3.63, 3.8) is 0 Å². The Morgan fingerprint density at radius 3 is 2.56 bits per heavy atom. The summed E-state index contributed by atoms with van der Waals surface area (Å²) >= 11 is 0. The number of nitrogens with two attached hydrogens (primary N) is 1. The second-order valence-corrected chi connectivity index (χ2v) is 4.14. The zero-order valence-electron chi connectivity index (χ0n) is 10.1. The number of aliphatic hydroxyl groups excluding tert-OH is 2. The van der Waals surface area contributed by atoms with Gasteiger partial charge in [0, 0.05) is 5.69 Å². The average molecular weight is 256 g/mol. The Bertz CT molecular complexity index is 425. The van der Waals surface area contributed by atoms with Crippen LogP contribution in [0.5, 0.6) is 0 Å². The molecule has 1 aromatic carbocycles. The molecule has 0 fully saturated rings. The molecule has 5 N–H and O–H groups in total. The zero-order chi connectivity index (χ0) is 13.8. The minimum atomic E-state index is -1.16. The third kappa shape index (κ3) is 2.96. The van der Waals surface area contributed by atoms with E-state index in [4.69, 9.17) is 5.73 Å². The number of nitrogens with one attached hydrogen (secondary N) is 1. The minimum Gasteiger partial charge on any atom is -0.399 e. The summed E-state index contributed by atoms with van der Waals surface area (Å²) in [5.41, 5.74) is 4.37. The van der Waals surface area contributed by atoms with E-state index in [1.807, 2.05) is 0 Å². The Morgan fingerprint density at radius 1 is 1.44 bits per heavy atom. The topological polar surface area (TPSA) is 95.6 Å². The number of nitrogen functional groups attached to an aromatic ring is 1. The first-order valence-corrected chi connectivity index (χ1v) is 5.57. The largest absolute Gasteiger partial charge is 0.399 e. The normalized spacial score (nSPS) is 11.3. The quantitative estimate of drug-likeness (QED) is 0.569. The van der Waals surface area contributed by atoms with Gasteiger partial charge in [-0.15, -0.1) is 0 Å². The lowest BCUT2D eigenvalue weighted by molar-refractivity contribution is 0.0650. The Kier molecular flexibility index (Phi) is 4.63. The number of carbonyl (C=O) groups excluding carboxylic acids is 1. The van der Waals surface area contributed by atoms with Gasteiger partial charge in [-0.05, 0) is 24.6 Å². The SMILES string of the molecule is CCC(CO)(CO)NC(=O)c1cc(N)ccc1F. The average Bonchev–Trinajstić information content (AvgIpc) is 2.38. The summed E-state index contributed by atoms with van der Waals surface area (Å²) in [5, 5.41) is 20.8. The van der Waals surface area contributed by atoms with E-state index in [-0.39, 0.29) is 11.3 Å². The van der Waals surface area contributed by atoms with Gasteiger partial charge in [-0.3, -0.25) is 4.79 Å². The maximum absolute atomic E-state index is 13.5. The molecule has 18 heavy (non-hydrogen) atoms. The maximum Gasteiger partial charge on any atom is 0.254 e. The van der Waals surface area contributed by atoms with E-state index in [0.717, 1.165) is 6.07 Å². The van der Waals surface area contributed by atoms with E-state index < -0.39 is 30.5 Å². The van der Waals surface area contributed by atoms with E-state index in [9.17, 15) is 19.4 Å². The fraction of sp³-hybridized carbons (Fsp3) is 0.417. The van der Waals surface area contributed by atoms with Crippen LogP contribution in [0.2, 0.25) is 0 Å². The molecule has 0 saturated carbocycles. The number of benzene rings is 1. The molecule has 100 valence electrons. The number of hydrogen-bond acceptors (Lipinski definition) is 4. The molecule has 0 radical (unpaired) electrons. The van der Waals surface area contributed by atoms with Crippen LogP contribution in [0.3, 0.4) is 0 Å². The van der Waals surface area contributed by atoms with Crippen LogP contribution >= 0.6 is 0 Å². The molecule has 0 aliphatic heterocycles. The summed E-state index contributed by atoms with van der Waals surface area (Å²) in [7, 11) is 0. The van der Waals surface area contributed by atoms with Crippen LogP contribution in [-0.2, 0) is 0 Å². The van der Waals surface area contributed by atoms with Crippen molar-refractivity contribution in [3.05, 3.63) is 29.6 Å². The van der Waals surface area contributed by atoms with Gasteiger partial charge in [-0.25, -0.2) is 4.39 Å². The predicted octanol–water partition coefficient (Wildman–Crippen LogP) is 0.271. The van der Waals surface area contributed by atoms with Gasteiger partial charge in [-0.2, -0.15) is 0 Å². The van der Waals surface area contributed by atoms with Crippen molar-refractivity contribution >= 4 is 11.6 Å². The van der Waals surface area contributed by atoms with Gasteiger partial charge in [0.1, 0.15) is 5.82 Å². The van der Waals surface area contributed by atoms with Crippen LogP contribution in [0.1, 0.15) is 23.7 Å². The molecule has 0 heterocycles. The second kappa shape index (κ2) is 5.79. The van der Waals surface area contributed by atoms with Crippen molar-refractivity contribution in [3.8, 4) is 0 Å². The molecule has 0 spiro atoms. The van der Waals surface area contributed by atoms with Crippen molar-refractivity contribution in [1.82, 2.24) is 5.32 Å². The standard InChI is InChI=1S/C12H17FN2O3/c1-2-12(6-16,7-17)15-11(18)9-5-8(14)3-4-10(9)13/h3-5,16-17H,2,6-7,14H2,1H3,(H,15,18). The molecule has 5 nitrogen and oxygen atoms in total. The number of amides is 1. The molecule has 0 aromatic heterocycles. The molecular weight excluding hydrogens is 239 g/mol. The van der Waals surface area contributed by atoms with Crippen LogP contribution in [0.4, 0.5) is 10.1 Å². The van der Waals surface area contributed by atoms with Crippen LogP contribution in [0.25, 0.3) is 0 Å². The third-order valence-corrected chi connectivity index (χ3v) is 2.90. The van der Waals surface area contributed by atoms with Crippen LogP contribution in [0.15, 0.2) is 18.2 Å². The fourth-order valence-electron chi connectivity index (χ4n) is 1.47. The van der Waals surface area contributed by atoms with Gasteiger partial charge in [0.15, 0.2) is 0 Å². The number of halogens is 1. The summed E-state index contributed by atoms with van der Waals surface area (Å²) in [5.74, 6) is -1.42. The molecule has 1 aromatic rings. The molecule has 0 aliphatic carbocycles. The molecule has 0 unspecified atom stereocenters. The van der Waals surface area contributed by atoms with E-state index >= 15 is 0 Å². The van der Waals surface area contributed by atoms with Gasteiger partial charge in [0.25, 0.3) is 5.91 Å². The highest BCUT2D eigenvalue weighted by atomic mass is 19.1. The van der Waals surface area contributed by atoms with Gasteiger partial charge >= 0.3 is 0 Å². The first-order valence-electron chi connectivity index (χ1n) is 5.57. The van der Waals surface area contributed by atoms with E-state index in [1.54, 1.807) is 6.92 Å².